The fraction of sp³-hybridized carbons (Fsp3) is 0.737. The van der Waals surface area contributed by atoms with E-state index in [2.05, 4.69) is 26.8 Å². The van der Waals surface area contributed by atoms with Gasteiger partial charge in [-0.3, -0.25) is 9.69 Å². The molecule has 3 rings (SSSR count). The van der Waals surface area contributed by atoms with E-state index in [1.54, 1.807) is 6.20 Å². The molecular formula is C19H31N5O2. The monoisotopic (exact) mass is 361 g/mol. The van der Waals surface area contributed by atoms with Gasteiger partial charge in [-0.15, -0.1) is 0 Å². The molecule has 2 aliphatic heterocycles. The molecule has 0 bridgehead atoms. The molecule has 1 N–H and O–H groups in total. The van der Waals surface area contributed by atoms with Crippen LogP contribution in [-0.4, -0.2) is 94.6 Å². The molecule has 3 heterocycles. The van der Waals surface area contributed by atoms with Crippen LogP contribution in [0.1, 0.15) is 35.3 Å². The Bertz CT molecular complexity index is 603. The Morgan fingerprint density at radius 3 is 2.73 bits per heavy atom. The Labute approximate surface area is 156 Å². The first-order valence-electron chi connectivity index (χ1n) is 9.69. The minimum absolute atomic E-state index is 0.0360. The number of likely N-dealkylation sites (N-methyl/N-ethyl adjacent to an activating group) is 1. The summed E-state index contributed by atoms with van der Waals surface area (Å²) in [7, 11) is 2.17. The minimum atomic E-state index is 0.0360. The SMILES string of the molecule is Cc1ncncc1C(=O)N1CC[C@@H](N2CCN(C)CC2)[C@@H](CCCO)C1. The molecule has 1 amide bonds. The van der Waals surface area contributed by atoms with Crippen molar-refractivity contribution in [2.45, 2.75) is 32.2 Å². The van der Waals surface area contributed by atoms with E-state index in [0.29, 0.717) is 17.5 Å². The fourth-order valence-corrected chi connectivity index (χ4v) is 4.25. The maximum Gasteiger partial charge on any atom is 0.257 e. The van der Waals surface area contributed by atoms with Gasteiger partial charge in [0.15, 0.2) is 0 Å². The number of carbonyl (C=O) groups is 1. The first-order valence-corrected chi connectivity index (χ1v) is 9.69. The standard InChI is InChI=1S/C19H31N5O2/c1-15-17(12-20-14-21-15)19(26)24-6-5-18(16(13-24)4-3-11-25)23-9-7-22(2)8-10-23/h12,14,16,18,25H,3-11,13H2,1-2H3/t16-,18+/m0/s1. The lowest BCUT2D eigenvalue weighted by molar-refractivity contribution is 0.0217. The maximum absolute atomic E-state index is 12.9. The smallest absolute Gasteiger partial charge is 0.257 e. The van der Waals surface area contributed by atoms with Crippen LogP contribution in [0.25, 0.3) is 0 Å². The van der Waals surface area contributed by atoms with E-state index in [-0.39, 0.29) is 12.5 Å². The van der Waals surface area contributed by atoms with Crippen LogP contribution in [0, 0.1) is 12.8 Å². The second-order valence-corrected chi connectivity index (χ2v) is 7.59. The zero-order valence-electron chi connectivity index (χ0n) is 16.0. The average Bonchev–Trinajstić information content (AvgIpc) is 2.67. The number of piperazine rings is 1. The second-order valence-electron chi connectivity index (χ2n) is 7.59. The maximum atomic E-state index is 12.9. The van der Waals surface area contributed by atoms with E-state index in [0.717, 1.165) is 64.2 Å². The predicted molar refractivity (Wildman–Crippen MR) is 100.0 cm³/mol. The number of amides is 1. The topological polar surface area (TPSA) is 72.8 Å². The van der Waals surface area contributed by atoms with E-state index in [1.807, 2.05) is 11.8 Å². The Balaban J connectivity index is 1.69. The lowest BCUT2D eigenvalue weighted by atomic mass is 9.86. The Morgan fingerprint density at radius 2 is 2.04 bits per heavy atom. The van der Waals surface area contributed by atoms with Crippen molar-refractivity contribution in [2.75, 3.05) is 52.9 Å². The van der Waals surface area contributed by atoms with Crippen LogP contribution in [-0.2, 0) is 0 Å². The summed E-state index contributed by atoms with van der Waals surface area (Å²) in [6.07, 6.45) is 5.86. The van der Waals surface area contributed by atoms with Gasteiger partial charge in [0.05, 0.1) is 11.3 Å². The highest BCUT2D eigenvalue weighted by atomic mass is 16.3. The second kappa shape index (κ2) is 8.88. The number of aryl methyl sites for hydroxylation is 1. The summed E-state index contributed by atoms with van der Waals surface area (Å²) in [5.41, 5.74) is 1.34. The zero-order chi connectivity index (χ0) is 18.5. The van der Waals surface area contributed by atoms with Gasteiger partial charge >= 0.3 is 0 Å². The number of piperidine rings is 1. The molecule has 1 aromatic heterocycles. The summed E-state index contributed by atoms with van der Waals surface area (Å²) >= 11 is 0. The molecule has 0 aromatic carbocycles. The molecular weight excluding hydrogens is 330 g/mol. The van der Waals surface area contributed by atoms with Gasteiger partial charge in [-0.25, -0.2) is 9.97 Å². The fourth-order valence-electron chi connectivity index (χ4n) is 4.25. The number of aromatic nitrogens is 2. The first-order chi connectivity index (χ1) is 12.6. The highest BCUT2D eigenvalue weighted by Crippen LogP contribution is 2.28. The predicted octanol–water partition coefficient (Wildman–Crippen LogP) is 0.636. The van der Waals surface area contributed by atoms with Gasteiger partial charge in [0.25, 0.3) is 5.91 Å². The molecule has 2 fully saturated rings. The highest BCUT2D eigenvalue weighted by molar-refractivity contribution is 5.94. The molecule has 1 aromatic rings. The summed E-state index contributed by atoms with van der Waals surface area (Å²) in [5, 5.41) is 9.30. The molecule has 0 spiro atoms. The van der Waals surface area contributed by atoms with Crippen LogP contribution >= 0.6 is 0 Å². The number of carbonyl (C=O) groups excluding carboxylic acids is 1. The van der Waals surface area contributed by atoms with E-state index < -0.39 is 0 Å². The van der Waals surface area contributed by atoms with Gasteiger partial charge in [0, 0.05) is 58.1 Å². The van der Waals surface area contributed by atoms with Crippen LogP contribution < -0.4 is 0 Å². The molecule has 0 saturated carbocycles. The molecule has 7 heteroatoms. The number of hydrogen-bond donors (Lipinski definition) is 1. The van der Waals surface area contributed by atoms with E-state index in [4.69, 9.17) is 0 Å². The van der Waals surface area contributed by atoms with Crippen LogP contribution in [0.3, 0.4) is 0 Å². The highest BCUT2D eigenvalue weighted by Gasteiger charge is 2.36. The molecule has 2 aliphatic rings. The van der Waals surface area contributed by atoms with Crippen molar-refractivity contribution in [1.82, 2.24) is 24.7 Å². The summed E-state index contributed by atoms with van der Waals surface area (Å²) in [5.74, 6) is 0.446. The zero-order valence-corrected chi connectivity index (χ0v) is 16.0. The van der Waals surface area contributed by atoms with Crippen LogP contribution in [0.4, 0.5) is 0 Å². The summed E-state index contributed by atoms with van der Waals surface area (Å²) in [6, 6.07) is 0.507. The van der Waals surface area contributed by atoms with Crippen molar-refractivity contribution < 1.29 is 9.90 Å². The molecule has 26 heavy (non-hydrogen) atoms. The number of aliphatic hydroxyl groups excluding tert-OH is 1. The largest absolute Gasteiger partial charge is 0.396 e. The van der Waals surface area contributed by atoms with Crippen LogP contribution in [0.2, 0.25) is 0 Å². The Morgan fingerprint density at radius 1 is 1.27 bits per heavy atom. The number of aliphatic hydroxyl groups is 1. The van der Waals surface area contributed by atoms with Crippen LogP contribution in [0.15, 0.2) is 12.5 Å². The number of rotatable bonds is 5. The summed E-state index contributed by atoms with van der Waals surface area (Å²) in [4.78, 5) is 28.0. The third-order valence-electron chi connectivity index (χ3n) is 5.86. The lowest BCUT2D eigenvalue weighted by Crippen LogP contribution is -2.57. The number of likely N-dealkylation sites (tertiary alicyclic amines) is 1. The third-order valence-corrected chi connectivity index (χ3v) is 5.86. The first kappa shape index (κ1) is 19.2. The summed E-state index contributed by atoms with van der Waals surface area (Å²) in [6.45, 7) is 8.00. The van der Waals surface area contributed by atoms with Gasteiger partial charge in [-0.2, -0.15) is 0 Å². The van der Waals surface area contributed by atoms with Crippen LogP contribution in [0.5, 0.6) is 0 Å². The quantitative estimate of drug-likeness (QED) is 0.830. The van der Waals surface area contributed by atoms with Gasteiger partial charge in [-0.05, 0) is 39.2 Å². The van der Waals surface area contributed by atoms with Gasteiger partial charge in [0.1, 0.15) is 6.33 Å². The third kappa shape index (κ3) is 4.39. The van der Waals surface area contributed by atoms with Gasteiger partial charge in [-0.1, -0.05) is 0 Å². The van der Waals surface area contributed by atoms with Gasteiger partial charge in [0.2, 0.25) is 0 Å². The Kier molecular flexibility index (Phi) is 6.56. The van der Waals surface area contributed by atoms with E-state index >= 15 is 0 Å². The van der Waals surface area contributed by atoms with Crippen molar-refractivity contribution >= 4 is 5.91 Å². The lowest BCUT2D eigenvalue weighted by Gasteiger charge is -2.46. The van der Waals surface area contributed by atoms with Gasteiger partial charge < -0.3 is 14.9 Å². The normalized spacial score (nSPS) is 25.4. The molecule has 2 saturated heterocycles. The van der Waals surface area contributed by atoms with Crippen molar-refractivity contribution in [2.24, 2.45) is 5.92 Å². The van der Waals surface area contributed by atoms with Crippen molar-refractivity contribution in [3.05, 3.63) is 23.8 Å². The molecule has 2 atom stereocenters. The van der Waals surface area contributed by atoms with Crippen molar-refractivity contribution in [3.8, 4) is 0 Å². The molecule has 0 radical (unpaired) electrons. The molecule has 7 nitrogen and oxygen atoms in total. The number of hydrogen-bond acceptors (Lipinski definition) is 6. The minimum Gasteiger partial charge on any atom is -0.396 e. The van der Waals surface area contributed by atoms with Crippen molar-refractivity contribution in [1.29, 1.82) is 0 Å². The van der Waals surface area contributed by atoms with E-state index in [1.165, 1.54) is 6.33 Å². The van der Waals surface area contributed by atoms with E-state index in [9.17, 15) is 9.90 Å². The number of nitrogens with zero attached hydrogens (tertiary/aromatic N) is 5. The molecule has 144 valence electrons. The Hall–Kier alpha value is -1.57. The molecule has 0 aliphatic carbocycles. The summed E-state index contributed by atoms with van der Waals surface area (Å²) < 4.78 is 0. The average molecular weight is 361 g/mol. The molecule has 0 unspecified atom stereocenters. The van der Waals surface area contributed by atoms with Crippen molar-refractivity contribution in [3.63, 3.8) is 0 Å².